The fourth-order valence-corrected chi connectivity index (χ4v) is 4.67. The van der Waals surface area contributed by atoms with E-state index in [2.05, 4.69) is 5.32 Å². The van der Waals surface area contributed by atoms with Crippen LogP contribution in [-0.4, -0.2) is 40.2 Å². The molecule has 0 bridgehead atoms. The molecule has 0 heterocycles. The number of hydrogen-bond donors (Lipinski definition) is 1. The first-order chi connectivity index (χ1) is 14.6. The largest absolute Gasteiger partial charge is 0.461 e. The zero-order valence-electron chi connectivity index (χ0n) is 17.1. The minimum Gasteiger partial charge on any atom is -0.461 e. The van der Waals surface area contributed by atoms with Crippen molar-refractivity contribution in [1.82, 2.24) is 5.32 Å². The number of nitrogens with zero attached hydrogens (tertiary/aromatic N) is 1. The summed E-state index contributed by atoms with van der Waals surface area (Å²) in [5.41, 5.74) is 0.598. The minimum absolute atomic E-state index is 0.0258. The molecule has 1 amide bonds. The van der Waals surface area contributed by atoms with Gasteiger partial charge in [0.05, 0.1) is 16.6 Å². The molecule has 2 rings (SSSR count). The molecule has 1 unspecified atom stereocenters. The summed E-state index contributed by atoms with van der Waals surface area (Å²) in [5.74, 6) is -0.524. The van der Waals surface area contributed by atoms with Crippen LogP contribution in [0.2, 0.25) is 10.0 Å². The van der Waals surface area contributed by atoms with E-state index in [0.29, 0.717) is 10.6 Å². The third-order valence-electron chi connectivity index (χ3n) is 4.15. The summed E-state index contributed by atoms with van der Waals surface area (Å²) in [5, 5.41) is 2.96. The van der Waals surface area contributed by atoms with Crippen molar-refractivity contribution in [2.75, 3.05) is 18.0 Å². The number of amides is 1. The highest BCUT2D eigenvalue weighted by atomic mass is 35.5. The topological polar surface area (TPSA) is 102 Å². The van der Waals surface area contributed by atoms with Gasteiger partial charge >= 0.3 is 12.1 Å². The Hall–Kier alpha value is -2.49. The Morgan fingerprint density at radius 2 is 1.68 bits per heavy atom. The van der Waals surface area contributed by atoms with Crippen LogP contribution in [0.5, 0.6) is 0 Å². The van der Waals surface area contributed by atoms with E-state index in [9.17, 15) is 18.0 Å². The third kappa shape index (κ3) is 6.49. The number of halogens is 2. The van der Waals surface area contributed by atoms with E-state index < -0.39 is 28.1 Å². The van der Waals surface area contributed by atoms with Crippen molar-refractivity contribution in [1.29, 1.82) is 0 Å². The zero-order valence-corrected chi connectivity index (χ0v) is 19.4. The van der Waals surface area contributed by atoms with Crippen molar-refractivity contribution >= 4 is 51.0 Å². The van der Waals surface area contributed by atoms with Crippen LogP contribution in [-0.2, 0) is 30.9 Å². The van der Waals surface area contributed by atoms with Crippen LogP contribution in [0.1, 0.15) is 19.4 Å². The zero-order chi connectivity index (χ0) is 23.2. The summed E-state index contributed by atoms with van der Waals surface area (Å²) in [4.78, 5) is 22.8. The van der Waals surface area contributed by atoms with Crippen LogP contribution in [0.4, 0.5) is 10.5 Å². The minimum atomic E-state index is -4.14. The summed E-state index contributed by atoms with van der Waals surface area (Å²) in [6, 6.07) is 9.39. The lowest BCUT2D eigenvalue weighted by atomic mass is 10.1. The van der Waals surface area contributed by atoms with Gasteiger partial charge in [-0.15, -0.1) is 0 Å². The van der Waals surface area contributed by atoms with E-state index in [1.54, 1.807) is 19.1 Å². The van der Waals surface area contributed by atoms with Gasteiger partial charge in [0, 0.05) is 29.6 Å². The Morgan fingerprint density at radius 3 is 2.26 bits per heavy atom. The first kappa shape index (κ1) is 24.8. The van der Waals surface area contributed by atoms with E-state index in [-0.39, 0.29) is 28.8 Å². The van der Waals surface area contributed by atoms with Gasteiger partial charge in [0.1, 0.15) is 13.2 Å². The lowest BCUT2D eigenvalue weighted by Gasteiger charge is -2.32. The predicted octanol–water partition coefficient (Wildman–Crippen LogP) is 4.00. The van der Waals surface area contributed by atoms with Crippen molar-refractivity contribution in [3.8, 4) is 0 Å². The van der Waals surface area contributed by atoms with E-state index in [0.717, 1.165) is 4.31 Å². The van der Waals surface area contributed by atoms with Gasteiger partial charge in [-0.2, -0.15) is 0 Å². The fraction of sp³-hybridized carbons (Fsp3) is 0.300. The highest BCUT2D eigenvalue weighted by Crippen LogP contribution is 2.33. The first-order valence-electron chi connectivity index (χ1n) is 9.12. The van der Waals surface area contributed by atoms with Crippen molar-refractivity contribution < 1.29 is 27.5 Å². The van der Waals surface area contributed by atoms with E-state index in [1.165, 1.54) is 44.3 Å². The van der Waals surface area contributed by atoms with Gasteiger partial charge in [0.15, 0.2) is 0 Å². The number of rotatable bonds is 8. The van der Waals surface area contributed by atoms with Crippen LogP contribution >= 0.6 is 23.2 Å². The maximum Gasteiger partial charge on any atom is 0.406 e. The second kappa shape index (κ2) is 10.7. The molecule has 168 valence electrons. The van der Waals surface area contributed by atoms with Crippen molar-refractivity contribution in [3.05, 3.63) is 58.1 Å². The highest BCUT2D eigenvalue weighted by molar-refractivity contribution is 7.92. The number of sulfonamides is 1. The summed E-state index contributed by atoms with van der Waals surface area (Å²) in [6.45, 7) is 2.41. The van der Waals surface area contributed by atoms with Gasteiger partial charge in [-0.05, 0) is 43.3 Å². The van der Waals surface area contributed by atoms with E-state index in [4.69, 9.17) is 32.7 Å². The summed E-state index contributed by atoms with van der Waals surface area (Å²) >= 11 is 12.1. The quantitative estimate of drug-likeness (QED) is 0.563. The molecule has 1 atom stereocenters. The first-order valence-corrected chi connectivity index (χ1v) is 11.3. The second-order valence-electron chi connectivity index (χ2n) is 6.51. The van der Waals surface area contributed by atoms with Gasteiger partial charge in [0.25, 0.3) is 10.0 Å². The molecule has 0 radical (unpaired) electrons. The molecule has 0 spiro atoms. The van der Waals surface area contributed by atoms with Gasteiger partial charge in [-0.25, -0.2) is 13.2 Å². The highest BCUT2D eigenvalue weighted by Gasteiger charge is 2.32. The van der Waals surface area contributed by atoms with Crippen LogP contribution in [0.3, 0.4) is 0 Å². The van der Waals surface area contributed by atoms with Gasteiger partial charge in [-0.3, -0.25) is 9.10 Å². The monoisotopic (exact) mass is 488 g/mol. The van der Waals surface area contributed by atoms with Crippen molar-refractivity contribution in [3.63, 3.8) is 0 Å². The van der Waals surface area contributed by atoms with E-state index >= 15 is 0 Å². The Morgan fingerprint density at radius 1 is 1.06 bits per heavy atom. The Balaban J connectivity index is 2.59. The molecule has 0 saturated carbocycles. The molecule has 2 aromatic carbocycles. The third-order valence-corrected chi connectivity index (χ3v) is 6.58. The average molecular weight is 489 g/mol. The standard InChI is InChI=1S/C20H22Cl2N2O6S/c1-13(11-30-20(26)23-3)24(31(27,28)18-8-6-16(21)7-9-18)19-10-17(22)5-4-15(19)12-29-14(2)25/h4-10,13H,11-12H2,1-3H3,(H,23,26). The molecule has 0 aliphatic heterocycles. The maximum atomic E-state index is 13.6. The molecule has 2 aromatic rings. The maximum absolute atomic E-state index is 13.6. The molecule has 8 nitrogen and oxygen atoms in total. The number of nitrogens with one attached hydrogen (secondary N) is 1. The lowest BCUT2D eigenvalue weighted by molar-refractivity contribution is -0.142. The summed E-state index contributed by atoms with van der Waals surface area (Å²) in [6.07, 6.45) is -0.707. The number of carbonyl (C=O) groups excluding carboxylic acids is 2. The summed E-state index contributed by atoms with van der Waals surface area (Å²) < 4.78 is 38.4. The number of ether oxygens (including phenoxy) is 2. The number of anilines is 1. The van der Waals surface area contributed by atoms with Crippen LogP contribution in [0, 0.1) is 0 Å². The number of esters is 1. The van der Waals surface area contributed by atoms with Gasteiger partial charge in [0.2, 0.25) is 0 Å². The second-order valence-corrected chi connectivity index (χ2v) is 9.19. The van der Waals surface area contributed by atoms with Crippen LogP contribution < -0.4 is 9.62 Å². The van der Waals surface area contributed by atoms with Crippen LogP contribution in [0.25, 0.3) is 0 Å². The molecule has 0 fully saturated rings. The molecule has 0 saturated heterocycles. The predicted molar refractivity (Wildman–Crippen MR) is 118 cm³/mol. The number of carbonyl (C=O) groups is 2. The molecular weight excluding hydrogens is 467 g/mol. The smallest absolute Gasteiger partial charge is 0.406 e. The van der Waals surface area contributed by atoms with Gasteiger partial charge < -0.3 is 14.8 Å². The van der Waals surface area contributed by atoms with Crippen LogP contribution in [0.15, 0.2) is 47.4 Å². The number of benzene rings is 2. The average Bonchev–Trinajstić information content (AvgIpc) is 2.71. The molecular formula is C20H22Cl2N2O6S. The molecule has 0 aromatic heterocycles. The molecule has 11 heteroatoms. The molecule has 0 aliphatic carbocycles. The van der Waals surface area contributed by atoms with Crippen molar-refractivity contribution in [2.45, 2.75) is 31.4 Å². The Bertz CT molecular complexity index is 1040. The SMILES string of the molecule is CNC(=O)OCC(C)N(c1cc(Cl)ccc1COC(C)=O)S(=O)(=O)c1ccc(Cl)cc1. The molecule has 0 aliphatic rings. The van der Waals surface area contributed by atoms with Gasteiger partial charge in [-0.1, -0.05) is 29.3 Å². The Labute approximate surface area is 191 Å². The van der Waals surface area contributed by atoms with E-state index in [1.807, 2.05) is 0 Å². The molecule has 1 N–H and O–H groups in total. The fourth-order valence-electron chi connectivity index (χ4n) is 2.70. The Kier molecular flexibility index (Phi) is 8.55. The van der Waals surface area contributed by atoms with Crippen molar-refractivity contribution in [2.24, 2.45) is 0 Å². The number of hydrogen-bond acceptors (Lipinski definition) is 6. The number of alkyl carbamates (subject to hydrolysis) is 1. The normalized spacial score (nSPS) is 12.0. The molecule has 31 heavy (non-hydrogen) atoms. The lowest BCUT2D eigenvalue weighted by Crippen LogP contribution is -2.43. The summed E-state index contributed by atoms with van der Waals surface area (Å²) in [7, 11) is -2.75.